The number of hydrogen-bond acceptors (Lipinski definition) is 5. The van der Waals surface area contributed by atoms with Crippen molar-refractivity contribution in [2.75, 3.05) is 46.4 Å². The molecule has 27 heavy (non-hydrogen) atoms. The van der Waals surface area contributed by atoms with Gasteiger partial charge in [-0.1, -0.05) is 18.2 Å². The van der Waals surface area contributed by atoms with Gasteiger partial charge in [0.25, 0.3) is 5.91 Å². The highest BCUT2D eigenvalue weighted by atomic mass is 16.5. The van der Waals surface area contributed by atoms with Crippen LogP contribution in [0.25, 0.3) is 0 Å². The minimum absolute atomic E-state index is 0.0327. The average Bonchev–Trinajstić information content (AvgIpc) is 2.73. The maximum absolute atomic E-state index is 12.6. The van der Waals surface area contributed by atoms with Gasteiger partial charge in [0.05, 0.1) is 7.11 Å². The molecule has 0 aliphatic carbocycles. The summed E-state index contributed by atoms with van der Waals surface area (Å²) < 4.78 is 10.7. The molecule has 1 amide bonds. The van der Waals surface area contributed by atoms with E-state index >= 15 is 0 Å². The Labute approximate surface area is 159 Å². The molecule has 0 aromatic heterocycles. The number of rotatable bonds is 7. The number of nitrogens with zero attached hydrogens (tertiary/aromatic N) is 2. The molecule has 6 heteroatoms. The Morgan fingerprint density at radius 1 is 1.00 bits per heavy atom. The van der Waals surface area contributed by atoms with E-state index < -0.39 is 6.10 Å². The molecule has 0 bridgehead atoms. The molecule has 1 atom stereocenters. The predicted molar refractivity (Wildman–Crippen MR) is 103 cm³/mol. The van der Waals surface area contributed by atoms with Crippen molar-refractivity contribution in [3.63, 3.8) is 0 Å². The number of benzene rings is 2. The van der Waals surface area contributed by atoms with Gasteiger partial charge in [0.2, 0.25) is 0 Å². The van der Waals surface area contributed by atoms with Crippen LogP contribution in [0.1, 0.15) is 10.4 Å². The van der Waals surface area contributed by atoms with E-state index in [2.05, 4.69) is 4.90 Å². The first-order valence-corrected chi connectivity index (χ1v) is 9.17. The first kappa shape index (κ1) is 19.2. The van der Waals surface area contributed by atoms with Crippen LogP contribution in [0.15, 0.2) is 54.6 Å². The van der Waals surface area contributed by atoms with E-state index in [-0.39, 0.29) is 12.5 Å². The average molecular weight is 370 g/mol. The van der Waals surface area contributed by atoms with Crippen LogP contribution >= 0.6 is 0 Å². The predicted octanol–water partition coefficient (Wildman–Crippen LogP) is 1.89. The highest BCUT2D eigenvalue weighted by molar-refractivity contribution is 5.94. The van der Waals surface area contributed by atoms with E-state index in [1.165, 1.54) is 0 Å². The Bertz CT molecular complexity index is 713. The van der Waals surface area contributed by atoms with Crippen molar-refractivity contribution in [2.24, 2.45) is 0 Å². The summed E-state index contributed by atoms with van der Waals surface area (Å²) in [4.78, 5) is 16.6. The van der Waals surface area contributed by atoms with Gasteiger partial charge in [-0.05, 0) is 36.4 Å². The maximum Gasteiger partial charge on any atom is 0.253 e. The number of carbonyl (C=O) groups is 1. The molecular weight excluding hydrogens is 344 g/mol. The van der Waals surface area contributed by atoms with Crippen LogP contribution in [0, 0.1) is 0 Å². The van der Waals surface area contributed by atoms with Gasteiger partial charge in [-0.3, -0.25) is 9.69 Å². The number of ether oxygens (including phenoxy) is 2. The SMILES string of the molecule is COc1ccc(C(=O)N2CCN(C[C@@H](O)COc3ccccc3)CC2)cc1. The zero-order valence-corrected chi connectivity index (χ0v) is 15.6. The number of aliphatic hydroxyl groups excluding tert-OH is 1. The standard InChI is InChI=1S/C21H26N2O4/c1-26-19-9-7-17(8-10-19)21(25)23-13-11-22(12-14-23)15-18(24)16-27-20-5-3-2-4-6-20/h2-10,18,24H,11-16H2,1H3/t18-/m1/s1. The summed E-state index contributed by atoms with van der Waals surface area (Å²) in [5, 5.41) is 10.2. The van der Waals surface area contributed by atoms with Gasteiger partial charge in [-0.2, -0.15) is 0 Å². The topological polar surface area (TPSA) is 62.2 Å². The first-order chi connectivity index (χ1) is 13.2. The molecule has 6 nitrogen and oxygen atoms in total. The third-order valence-corrected chi connectivity index (χ3v) is 4.65. The van der Waals surface area contributed by atoms with Gasteiger partial charge in [-0.15, -0.1) is 0 Å². The highest BCUT2D eigenvalue weighted by Gasteiger charge is 2.23. The molecule has 0 saturated carbocycles. The van der Waals surface area contributed by atoms with Crippen LogP contribution in [-0.2, 0) is 0 Å². The number of β-amino-alcohol motifs (C(OH)–C–C–N with tert-alkyl or cyclic N) is 1. The Morgan fingerprint density at radius 2 is 1.67 bits per heavy atom. The number of hydrogen-bond donors (Lipinski definition) is 1. The van der Waals surface area contributed by atoms with Crippen LogP contribution in [-0.4, -0.2) is 73.4 Å². The normalized spacial score (nSPS) is 16.0. The number of amides is 1. The molecule has 1 aliphatic heterocycles. The summed E-state index contributed by atoms with van der Waals surface area (Å²) >= 11 is 0. The molecule has 0 spiro atoms. The first-order valence-electron chi connectivity index (χ1n) is 9.17. The summed E-state index contributed by atoms with van der Waals surface area (Å²) in [7, 11) is 1.61. The zero-order chi connectivity index (χ0) is 19.1. The fourth-order valence-electron chi connectivity index (χ4n) is 3.11. The van der Waals surface area contributed by atoms with Gasteiger partial charge < -0.3 is 19.5 Å². The molecule has 1 aliphatic rings. The third-order valence-electron chi connectivity index (χ3n) is 4.65. The summed E-state index contributed by atoms with van der Waals surface area (Å²) in [5.41, 5.74) is 0.667. The lowest BCUT2D eigenvalue weighted by atomic mass is 10.1. The van der Waals surface area contributed by atoms with Gasteiger partial charge in [0, 0.05) is 38.3 Å². The van der Waals surface area contributed by atoms with E-state index in [0.717, 1.165) is 24.6 Å². The quantitative estimate of drug-likeness (QED) is 0.807. The Balaban J connectivity index is 1.42. The Kier molecular flexibility index (Phi) is 6.68. The molecule has 3 rings (SSSR count). The second kappa shape index (κ2) is 9.39. The van der Waals surface area contributed by atoms with E-state index in [1.54, 1.807) is 31.4 Å². The second-order valence-corrected chi connectivity index (χ2v) is 6.60. The van der Waals surface area contributed by atoms with Crippen LogP contribution in [0.5, 0.6) is 11.5 Å². The Morgan fingerprint density at radius 3 is 2.30 bits per heavy atom. The lowest BCUT2D eigenvalue weighted by Crippen LogP contribution is -2.50. The molecule has 144 valence electrons. The van der Waals surface area contributed by atoms with Crippen LogP contribution in [0.2, 0.25) is 0 Å². The summed E-state index contributed by atoms with van der Waals surface area (Å²) in [6.07, 6.45) is -0.561. The lowest BCUT2D eigenvalue weighted by molar-refractivity contribution is 0.0403. The van der Waals surface area contributed by atoms with Crippen molar-refractivity contribution >= 4 is 5.91 Å². The molecule has 1 saturated heterocycles. The molecule has 2 aromatic carbocycles. The van der Waals surface area contributed by atoms with Crippen molar-refractivity contribution in [3.8, 4) is 11.5 Å². The summed E-state index contributed by atoms with van der Waals surface area (Å²) in [6, 6.07) is 16.7. The third kappa shape index (κ3) is 5.45. The van der Waals surface area contributed by atoms with Crippen molar-refractivity contribution in [1.29, 1.82) is 0 Å². The largest absolute Gasteiger partial charge is 0.497 e. The molecule has 1 N–H and O–H groups in total. The second-order valence-electron chi connectivity index (χ2n) is 6.60. The fourth-order valence-corrected chi connectivity index (χ4v) is 3.11. The fraction of sp³-hybridized carbons (Fsp3) is 0.381. The molecule has 0 radical (unpaired) electrons. The minimum atomic E-state index is -0.561. The highest BCUT2D eigenvalue weighted by Crippen LogP contribution is 2.15. The summed E-state index contributed by atoms with van der Waals surface area (Å²) in [6.45, 7) is 3.58. The van der Waals surface area contributed by atoms with E-state index in [9.17, 15) is 9.90 Å². The van der Waals surface area contributed by atoms with E-state index in [0.29, 0.717) is 25.2 Å². The molecular formula is C21H26N2O4. The zero-order valence-electron chi connectivity index (χ0n) is 15.6. The van der Waals surface area contributed by atoms with Crippen molar-refractivity contribution in [2.45, 2.75) is 6.10 Å². The van der Waals surface area contributed by atoms with Gasteiger partial charge in [-0.25, -0.2) is 0 Å². The van der Waals surface area contributed by atoms with Crippen LogP contribution < -0.4 is 9.47 Å². The van der Waals surface area contributed by atoms with E-state index in [4.69, 9.17) is 9.47 Å². The molecule has 1 heterocycles. The van der Waals surface area contributed by atoms with Gasteiger partial charge in [0.15, 0.2) is 0 Å². The van der Waals surface area contributed by atoms with Crippen molar-refractivity contribution in [3.05, 3.63) is 60.2 Å². The van der Waals surface area contributed by atoms with Crippen molar-refractivity contribution in [1.82, 2.24) is 9.80 Å². The van der Waals surface area contributed by atoms with Crippen molar-refractivity contribution < 1.29 is 19.4 Å². The number of methoxy groups -OCH3 is 1. The Hall–Kier alpha value is -2.57. The maximum atomic E-state index is 12.6. The molecule has 1 fully saturated rings. The monoisotopic (exact) mass is 370 g/mol. The number of para-hydroxylation sites is 1. The lowest BCUT2D eigenvalue weighted by Gasteiger charge is -2.35. The molecule has 0 unspecified atom stereocenters. The van der Waals surface area contributed by atoms with Gasteiger partial charge >= 0.3 is 0 Å². The molecule has 2 aromatic rings. The smallest absolute Gasteiger partial charge is 0.253 e. The minimum Gasteiger partial charge on any atom is -0.497 e. The number of carbonyl (C=O) groups excluding carboxylic acids is 1. The van der Waals surface area contributed by atoms with E-state index in [1.807, 2.05) is 35.2 Å². The van der Waals surface area contributed by atoms with Crippen LogP contribution in [0.3, 0.4) is 0 Å². The summed E-state index contributed by atoms with van der Waals surface area (Å²) in [5.74, 6) is 1.53. The number of piperazine rings is 1. The van der Waals surface area contributed by atoms with Gasteiger partial charge in [0.1, 0.15) is 24.2 Å². The number of aliphatic hydroxyl groups is 1. The van der Waals surface area contributed by atoms with Crippen LogP contribution in [0.4, 0.5) is 0 Å².